The van der Waals surface area contributed by atoms with E-state index in [4.69, 9.17) is 4.42 Å². The topological polar surface area (TPSA) is 48.7 Å². The molecule has 2 heterocycles. The lowest BCUT2D eigenvalue weighted by Crippen LogP contribution is -2.46. The summed E-state index contributed by atoms with van der Waals surface area (Å²) in [4.78, 5) is 16.0. The number of nitrogens with one attached hydrogen (secondary N) is 1. The van der Waals surface area contributed by atoms with Crippen LogP contribution in [0.2, 0.25) is 0 Å². The molecule has 6 heteroatoms. The molecule has 1 aliphatic rings. The highest BCUT2D eigenvalue weighted by Crippen LogP contribution is 2.21. The number of para-hydroxylation sites is 1. The molecule has 1 aromatic carbocycles. The van der Waals surface area contributed by atoms with E-state index in [-0.39, 0.29) is 11.7 Å². The number of carbonyl (C=O) groups is 1. The van der Waals surface area contributed by atoms with Gasteiger partial charge in [0.25, 0.3) is 5.91 Å². The maximum atomic E-state index is 13.9. The Bertz CT molecular complexity index is 693. The maximum absolute atomic E-state index is 13.9. The van der Waals surface area contributed by atoms with Gasteiger partial charge < -0.3 is 14.6 Å². The van der Waals surface area contributed by atoms with E-state index in [0.717, 1.165) is 31.9 Å². The molecule has 1 fully saturated rings. The van der Waals surface area contributed by atoms with Crippen LogP contribution in [0.25, 0.3) is 0 Å². The number of hydrogen-bond acceptors (Lipinski definition) is 4. The first kappa shape index (κ1) is 16.5. The lowest BCUT2D eigenvalue weighted by molar-refractivity contribution is 0.0924. The van der Waals surface area contributed by atoms with Crippen molar-refractivity contribution >= 4 is 11.6 Å². The number of carbonyl (C=O) groups excluding carboxylic acids is 1. The van der Waals surface area contributed by atoms with Gasteiger partial charge in [-0.15, -0.1) is 0 Å². The van der Waals surface area contributed by atoms with Crippen LogP contribution in [0.3, 0.4) is 0 Å². The van der Waals surface area contributed by atoms with Crippen LogP contribution in [0.4, 0.5) is 10.1 Å². The fourth-order valence-electron chi connectivity index (χ4n) is 2.91. The Morgan fingerprint density at radius 3 is 2.62 bits per heavy atom. The summed E-state index contributed by atoms with van der Waals surface area (Å²) in [5.41, 5.74) is 0.661. The molecular formula is C18H22FN3O2. The van der Waals surface area contributed by atoms with E-state index in [2.05, 4.69) is 15.1 Å². The lowest BCUT2D eigenvalue weighted by Gasteiger charge is -2.35. The van der Waals surface area contributed by atoms with E-state index in [1.54, 1.807) is 12.1 Å². The molecule has 1 amide bonds. The second kappa shape index (κ2) is 7.49. The second-order valence-corrected chi connectivity index (χ2v) is 5.84. The number of piperazine rings is 1. The molecule has 0 unspecified atom stereocenters. The molecule has 0 spiro atoms. The number of furan rings is 1. The Morgan fingerprint density at radius 1 is 1.17 bits per heavy atom. The molecule has 0 aliphatic carbocycles. The molecule has 0 radical (unpaired) electrons. The molecule has 128 valence electrons. The van der Waals surface area contributed by atoms with Crippen molar-refractivity contribution in [3.8, 4) is 0 Å². The first-order valence-electron chi connectivity index (χ1n) is 8.26. The Hall–Kier alpha value is -2.34. The third kappa shape index (κ3) is 3.76. The smallest absolute Gasteiger partial charge is 0.286 e. The molecule has 0 atom stereocenters. The summed E-state index contributed by atoms with van der Waals surface area (Å²) in [6.45, 7) is 6.29. The van der Waals surface area contributed by atoms with E-state index in [0.29, 0.717) is 24.5 Å². The zero-order chi connectivity index (χ0) is 16.9. The second-order valence-electron chi connectivity index (χ2n) is 5.84. The highest BCUT2D eigenvalue weighted by atomic mass is 19.1. The van der Waals surface area contributed by atoms with Crippen LogP contribution in [0.5, 0.6) is 0 Å². The highest BCUT2D eigenvalue weighted by Gasteiger charge is 2.20. The van der Waals surface area contributed by atoms with Gasteiger partial charge in [-0.05, 0) is 31.2 Å². The number of anilines is 1. The van der Waals surface area contributed by atoms with Gasteiger partial charge in [-0.3, -0.25) is 9.69 Å². The van der Waals surface area contributed by atoms with Crippen LogP contribution in [0.15, 0.2) is 40.8 Å². The fraction of sp³-hybridized carbons (Fsp3) is 0.389. The van der Waals surface area contributed by atoms with Crippen molar-refractivity contribution in [3.63, 3.8) is 0 Å². The predicted molar refractivity (Wildman–Crippen MR) is 90.6 cm³/mol. The number of halogens is 1. The summed E-state index contributed by atoms with van der Waals surface area (Å²) in [7, 11) is 0. The van der Waals surface area contributed by atoms with Crippen molar-refractivity contribution in [2.24, 2.45) is 0 Å². The zero-order valence-corrected chi connectivity index (χ0v) is 13.8. The van der Waals surface area contributed by atoms with Gasteiger partial charge in [0, 0.05) is 32.7 Å². The van der Waals surface area contributed by atoms with Crippen LogP contribution in [-0.2, 0) is 6.54 Å². The van der Waals surface area contributed by atoms with Gasteiger partial charge in [0.05, 0.1) is 12.2 Å². The minimum Gasteiger partial charge on any atom is -0.455 e. The van der Waals surface area contributed by atoms with Gasteiger partial charge in [-0.25, -0.2) is 4.39 Å². The van der Waals surface area contributed by atoms with Crippen LogP contribution in [0.1, 0.15) is 23.2 Å². The van der Waals surface area contributed by atoms with Gasteiger partial charge in [0.2, 0.25) is 0 Å². The molecular weight excluding hydrogens is 309 g/mol. The average molecular weight is 331 g/mol. The van der Waals surface area contributed by atoms with E-state index in [1.165, 1.54) is 6.07 Å². The molecule has 24 heavy (non-hydrogen) atoms. The van der Waals surface area contributed by atoms with Gasteiger partial charge in [0.1, 0.15) is 11.6 Å². The zero-order valence-electron chi connectivity index (χ0n) is 13.8. The van der Waals surface area contributed by atoms with Gasteiger partial charge >= 0.3 is 0 Å². The lowest BCUT2D eigenvalue weighted by atomic mass is 10.2. The van der Waals surface area contributed by atoms with Gasteiger partial charge in [-0.1, -0.05) is 12.1 Å². The minimum atomic E-state index is -0.187. The molecule has 1 aliphatic heterocycles. The summed E-state index contributed by atoms with van der Waals surface area (Å²) in [6, 6.07) is 10.4. The average Bonchev–Trinajstić information content (AvgIpc) is 3.05. The Kier molecular flexibility index (Phi) is 5.15. The van der Waals surface area contributed by atoms with Crippen LogP contribution in [0, 0.1) is 5.82 Å². The number of hydrogen-bond donors (Lipinski definition) is 1. The van der Waals surface area contributed by atoms with E-state index in [9.17, 15) is 9.18 Å². The Labute approximate surface area is 141 Å². The number of benzene rings is 1. The third-order valence-electron chi connectivity index (χ3n) is 4.17. The molecule has 5 nitrogen and oxygen atoms in total. The minimum absolute atomic E-state index is 0.177. The highest BCUT2D eigenvalue weighted by molar-refractivity contribution is 5.91. The van der Waals surface area contributed by atoms with Crippen molar-refractivity contribution in [3.05, 3.63) is 53.7 Å². The van der Waals surface area contributed by atoms with Crippen LogP contribution >= 0.6 is 0 Å². The molecule has 1 aromatic heterocycles. The monoisotopic (exact) mass is 331 g/mol. The number of rotatable bonds is 5. The summed E-state index contributed by atoms with van der Waals surface area (Å²) >= 11 is 0. The standard InChI is InChI=1S/C18H22FN3O2/c1-2-20-18(23)17-8-7-14(24-17)13-21-9-11-22(12-10-21)16-6-4-3-5-15(16)19/h3-8H,2,9-13H2,1H3,(H,20,23). The predicted octanol–water partition coefficient (Wildman–Crippen LogP) is 2.49. The van der Waals surface area contributed by atoms with Crippen molar-refractivity contribution < 1.29 is 13.6 Å². The summed E-state index contributed by atoms with van der Waals surface area (Å²) < 4.78 is 19.5. The van der Waals surface area contributed by atoms with Gasteiger partial charge in [-0.2, -0.15) is 0 Å². The van der Waals surface area contributed by atoms with Crippen LogP contribution < -0.4 is 10.2 Å². The summed E-state index contributed by atoms with van der Waals surface area (Å²) in [5, 5.41) is 2.72. The molecule has 2 aromatic rings. The largest absolute Gasteiger partial charge is 0.455 e. The molecule has 1 saturated heterocycles. The quantitative estimate of drug-likeness (QED) is 0.914. The van der Waals surface area contributed by atoms with Crippen molar-refractivity contribution in [1.82, 2.24) is 10.2 Å². The molecule has 3 rings (SSSR count). The van der Waals surface area contributed by atoms with Crippen molar-refractivity contribution in [1.29, 1.82) is 0 Å². The molecule has 0 bridgehead atoms. The number of nitrogens with zero attached hydrogens (tertiary/aromatic N) is 2. The summed E-state index contributed by atoms with van der Waals surface area (Å²) in [5.74, 6) is 0.754. The van der Waals surface area contributed by atoms with E-state index >= 15 is 0 Å². The Balaban J connectivity index is 1.54. The fourth-order valence-corrected chi connectivity index (χ4v) is 2.91. The summed E-state index contributed by atoms with van der Waals surface area (Å²) in [6.07, 6.45) is 0. The SMILES string of the molecule is CCNC(=O)c1ccc(CN2CCN(c3ccccc3F)CC2)o1. The maximum Gasteiger partial charge on any atom is 0.286 e. The third-order valence-corrected chi connectivity index (χ3v) is 4.17. The van der Waals surface area contributed by atoms with E-state index in [1.807, 2.05) is 25.1 Å². The van der Waals surface area contributed by atoms with Crippen molar-refractivity contribution in [2.45, 2.75) is 13.5 Å². The molecule has 0 saturated carbocycles. The van der Waals surface area contributed by atoms with Gasteiger partial charge in [0.15, 0.2) is 5.76 Å². The first-order chi connectivity index (χ1) is 11.7. The molecule has 1 N–H and O–H groups in total. The normalized spacial score (nSPS) is 15.5. The number of amides is 1. The first-order valence-corrected chi connectivity index (χ1v) is 8.26. The van der Waals surface area contributed by atoms with Crippen molar-refractivity contribution in [2.75, 3.05) is 37.6 Å². The Morgan fingerprint density at radius 2 is 1.92 bits per heavy atom. The van der Waals surface area contributed by atoms with E-state index < -0.39 is 0 Å². The van der Waals surface area contributed by atoms with Crippen LogP contribution in [-0.4, -0.2) is 43.5 Å².